The quantitative estimate of drug-likeness (QED) is 0.544. The van der Waals surface area contributed by atoms with Gasteiger partial charge in [0.25, 0.3) is 0 Å². The molecule has 1 rings (SSSR count). The molecular weight excluding hydrogens is 190 g/mol. The van der Waals surface area contributed by atoms with Gasteiger partial charge in [0.05, 0.1) is 12.1 Å². The molecule has 0 aliphatic heterocycles. The van der Waals surface area contributed by atoms with Crippen LogP contribution in [-0.2, 0) is 0 Å². The maximum absolute atomic E-state index is 10.2. The number of nitrogens with zero attached hydrogens (tertiary/aromatic N) is 3. The number of rotatable bonds is 2. The summed E-state index contributed by atoms with van der Waals surface area (Å²) in [5, 5.41) is 10.2. The third-order valence-corrected chi connectivity index (χ3v) is 2.85. The summed E-state index contributed by atoms with van der Waals surface area (Å²) in [6.45, 7) is 0.526. The van der Waals surface area contributed by atoms with Crippen LogP contribution in [0.2, 0.25) is 0 Å². The molecule has 0 atom stereocenters. The van der Waals surface area contributed by atoms with E-state index < -0.39 is 5.60 Å². The number of hydrogen-bond acceptors (Lipinski definition) is 2. The van der Waals surface area contributed by atoms with Gasteiger partial charge in [0.1, 0.15) is 0 Å². The predicted octanol–water partition coefficient (Wildman–Crippen LogP) is 0.771. The highest BCUT2D eigenvalue weighted by atomic mass is 16.3. The SMILES string of the molecule is CN(C)C(=NCC1(O)CCCC1)N(C)C. The Morgan fingerprint density at radius 1 is 1.13 bits per heavy atom. The Morgan fingerprint density at radius 2 is 1.60 bits per heavy atom. The Kier molecular flexibility index (Phi) is 3.97. The monoisotopic (exact) mass is 213 g/mol. The minimum atomic E-state index is -0.544. The van der Waals surface area contributed by atoms with Gasteiger partial charge in [-0.05, 0) is 12.8 Å². The first-order valence-electron chi connectivity index (χ1n) is 5.56. The maximum atomic E-state index is 10.2. The first kappa shape index (κ1) is 12.3. The van der Waals surface area contributed by atoms with Crippen LogP contribution in [0.5, 0.6) is 0 Å². The van der Waals surface area contributed by atoms with E-state index in [9.17, 15) is 5.11 Å². The van der Waals surface area contributed by atoms with Crippen molar-refractivity contribution in [2.24, 2.45) is 4.99 Å². The molecule has 0 spiro atoms. The molecular formula is C11H23N3O. The van der Waals surface area contributed by atoms with Crippen molar-refractivity contribution in [1.82, 2.24) is 9.80 Å². The van der Waals surface area contributed by atoms with Crippen molar-refractivity contribution >= 4 is 5.96 Å². The lowest BCUT2D eigenvalue weighted by Gasteiger charge is -2.25. The minimum Gasteiger partial charge on any atom is -0.388 e. The molecule has 88 valence electrons. The molecule has 0 saturated heterocycles. The predicted molar refractivity (Wildman–Crippen MR) is 63.1 cm³/mol. The van der Waals surface area contributed by atoms with Gasteiger partial charge in [-0.1, -0.05) is 12.8 Å². The molecule has 4 nitrogen and oxygen atoms in total. The number of hydrogen-bond donors (Lipinski definition) is 1. The van der Waals surface area contributed by atoms with Gasteiger partial charge < -0.3 is 14.9 Å². The van der Waals surface area contributed by atoms with Gasteiger partial charge in [-0.25, -0.2) is 4.99 Å². The summed E-state index contributed by atoms with van der Waals surface area (Å²) in [6, 6.07) is 0. The summed E-state index contributed by atoms with van der Waals surface area (Å²) < 4.78 is 0. The van der Waals surface area contributed by atoms with Crippen molar-refractivity contribution in [2.75, 3.05) is 34.7 Å². The van der Waals surface area contributed by atoms with Crippen molar-refractivity contribution in [3.8, 4) is 0 Å². The topological polar surface area (TPSA) is 39.1 Å². The van der Waals surface area contributed by atoms with Gasteiger partial charge in [0, 0.05) is 28.2 Å². The molecule has 1 fully saturated rings. The van der Waals surface area contributed by atoms with Gasteiger partial charge in [0.2, 0.25) is 0 Å². The molecule has 0 aromatic heterocycles. The average molecular weight is 213 g/mol. The molecule has 0 unspecified atom stereocenters. The van der Waals surface area contributed by atoms with E-state index in [2.05, 4.69) is 4.99 Å². The minimum absolute atomic E-state index is 0.526. The summed E-state index contributed by atoms with van der Waals surface area (Å²) >= 11 is 0. The lowest BCUT2D eigenvalue weighted by molar-refractivity contribution is 0.0570. The van der Waals surface area contributed by atoms with Crippen LogP contribution >= 0.6 is 0 Å². The molecule has 15 heavy (non-hydrogen) atoms. The molecule has 0 aromatic carbocycles. The fraction of sp³-hybridized carbons (Fsp3) is 0.909. The first-order valence-corrected chi connectivity index (χ1v) is 5.56. The average Bonchev–Trinajstić information content (AvgIpc) is 2.51. The number of aliphatic imine (C=N–C) groups is 1. The van der Waals surface area contributed by atoms with Crippen LogP contribution in [0.1, 0.15) is 25.7 Å². The molecule has 1 aliphatic carbocycles. The Labute approximate surface area is 92.6 Å². The zero-order valence-corrected chi connectivity index (χ0v) is 10.3. The fourth-order valence-corrected chi connectivity index (χ4v) is 2.09. The number of guanidine groups is 1. The van der Waals surface area contributed by atoms with E-state index in [0.29, 0.717) is 6.54 Å². The van der Waals surface area contributed by atoms with Crippen LogP contribution < -0.4 is 0 Å². The lowest BCUT2D eigenvalue weighted by Crippen LogP contribution is -2.37. The second-order valence-electron chi connectivity index (χ2n) is 4.84. The molecule has 0 heterocycles. The molecule has 0 bridgehead atoms. The highest BCUT2D eigenvalue weighted by molar-refractivity contribution is 5.79. The first-order chi connectivity index (χ1) is 6.94. The second-order valence-corrected chi connectivity index (χ2v) is 4.84. The third-order valence-electron chi connectivity index (χ3n) is 2.85. The zero-order chi connectivity index (χ0) is 11.5. The van der Waals surface area contributed by atoms with Gasteiger partial charge >= 0.3 is 0 Å². The standard InChI is InChI=1S/C11H23N3O/c1-13(2)10(14(3)4)12-9-11(15)7-5-6-8-11/h15H,5-9H2,1-4H3. The summed E-state index contributed by atoms with van der Waals surface area (Å²) in [5.74, 6) is 0.912. The number of aliphatic hydroxyl groups is 1. The Balaban J connectivity index is 2.60. The summed E-state index contributed by atoms with van der Waals surface area (Å²) in [6.07, 6.45) is 4.05. The van der Waals surface area contributed by atoms with Crippen LogP contribution in [0.3, 0.4) is 0 Å². The Morgan fingerprint density at radius 3 is 2.00 bits per heavy atom. The smallest absolute Gasteiger partial charge is 0.195 e. The van der Waals surface area contributed by atoms with Gasteiger partial charge in [-0.15, -0.1) is 0 Å². The largest absolute Gasteiger partial charge is 0.388 e. The van der Waals surface area contributed by atoms with Gasteiger partial charge in [-0.3, -0.25) is 0 Å². The van der Waals surface area contributed by atoms with Crippen LogP contribution in [0, 0.1) is 0 Å². The summed E-state index contributed by atoms with van der Waals surface area (Å²) in [5.41, 5.74) is -0.544. The third kappa shape index (κ3) is 3.38. The van der Waals surface area contributed by atoms with Crippen molar-refractivity contribution in [2.45, 2.75) is 31.3 Å². The van der Waals surface area contributed by atoms with Crippen LogP contribution in [0.15, 0.2) is 4.99 Å². The molecule has 0 amide bonds. The van der Waals surface area contributed by atoms with Crippen molar-refractivity contribution in [3.05, 3.63) is 0 Å². The highest BCUT2D eigenvalue weighted by Gasteiger charge is 2.30. The Bertz CT molecular complexity index is 220. The molecule has 0 aromatic rings. The molecule has 4 heteroatoms. The van der Waals surface area contributed by atoms with E-state index >= 15 is 0 Å². The molecule has 1 N–H and O–H groups in total. The van der Waals surface area contributed by atoms with E-state index in [4.69, 9.17) is 0 Å². The van der Waals surface area contributed by atoms with Gasteiger partial charge in [0.15, 0.2) is 5.96 Å². The van der Waals surface area contributed by atoms with Crippen molar-refractivity contribution < 1.29 is 5.11 Å². The van der Waals surface area contributed by atoms with E-state index in [0.717, 1.165) is 31.6 Å². The van der Waals surface area contributed by atoms with E-state index in [-0.39, 0.29) is 0 Å². The van der Waals surface area contributed by atoms with Gasteiger partial charge in [-0.2, -0.15) is 0 Å². The van der Waals surface area contributed by atoms with Crippen molar-refractivity contribution in [1.29, 1.82) is 0 Å². The van der Waals surface area contributed by atoms with Crippen LogP contribution in [-0.4, -0.2) is 61.2 Å². The summed E-state index contributed by atoms with van der Waals surface area (Å²) in [7, 11) is 7.88. The Hall–Kier alpha value is -0.770. The summed E-state index contributed by atoms with van der Waals surface area (Å²) in [4.78, 5) is 8.44. The van der Waals surface area contributed by atoms with Crippen LogP contribution in [0.4, 0.5) is 0 Å². The fourth-order valence-electron chi connectivity index (χ4n) is 2.09. The molecule has 0 radical (unpaired) electrons. The zero-order valence-electron chi connectivity index (χ0n) is 10.3. The van der Waals surface area contributed by atoms with E-state index in [1.165, 1.54) is 0 Å². The lowest BCUT2D eigenvalue weighted by atomic mass is 10.0. The molecule has 1 saturated carbocycles. The van der Waals surface area contributed by atoms with Crippen molar-refractivity contribution in [3.63, 3.8) is 0 Å². The molecule has 1 aliphatic rings. The van der Waals surface area contributed by atoms with Crippen LogP contribution in [0.25, 0.3) is 0 Å². The highest BCUT2D eigenvalue weighted by Crippen LogP contribution is 2.29. The normalized spacial score (nSPS) is 18.7. The van der Waals surface area contributed by atoms with E-state index in [1.807, 2.05) is 38.0 Å². The second kappa shape index (κ2) is 4.84. The maximum Gasteiger partial charge on any atom is 0.195 e. The van der Waals surface area contributed by atoms with E-state index in [1.54, 1.807) is 0 Å².